The van der Waals surface area contributed by atoms with Gasteiger partial charge in [0.25, 0.3) is 5.91 Å². The van der Waals surface area contributed by atoms with Gasteiger partial charge < -0.3 is 9.42 Å². The molecule has 0 saturated carbocycles. The maximum Gasteiger partial charge on any atom is 0.276 e. The second-order valence-electron chi connectivity index (χ2n) is 8.74. The van der Waals surface area contributed by atoms with Gasteiger partial charge in [-0.25, -0.2) is 8.42 Å². The molecule has 7 heteroatoms. The summed E-state index contributed by atoms with van der Waals surface area (Å²) < 4.78 is 29.7. The van der Waals surface area contributed by atoms with Crippen molar-refractivity contribution in [3.63, 3.8) is 0 Å². The Bertz CT molecular complexity index is 1230. The van der Waals surface area contributed by atoms with E-state index in [1.807, 2.05) is 36.4 Å². The van der Waals surface area contributed by atoms with Gasteiger partial charge >= 0.3 is 0 Å². The molecule has 2 heterocycles. The van der Waals surface area contributed by atoms with Crippen LogP contribution in [-0.4, -0.2) is 41.9 Å². The summed E-state index contributed by atoms with van der Waals surface area (Å²) in [6, 6.07) is 17.2. The van der Waals surface area contributed by atoms with Gasteiger partial charge in [-0.2, -0.15) is 0 Å². The van der Waals surface area contributed by atoms with Crippen molar-refractivity contribution in [1.29, 1.82) is 0 Å². The van der Waals surface area contributed by atoms with E-state index in [2.05, 4.69) is 17.3 Å². The minimum absolute atomic E-state index is 0.0128. The Balaban J connectivity index is 1.42. The number of rotatable bonds is 5. The van der Waals surface area contributed by atoms with E-state index < -0.39 is 9.84 Å². The van der Waals surface area contributed by atoms with E-state index in [1.165, 1.54) is 24.0 Å². The topological polar surface area (TPSA) is 80.5 Å². The average molecular weight is 451 g/mol. The van der Waals surface area contributed by atoms with E-state index in [0.29, 0.717) is 18.7 Å². The van der Waals surface area contributed by atoms with Crippen LogP contribution in [0.1, 0.15) is 46.4 Å². The van der Waals surface area contributed by atoms with Crippen LogP contribution in [0.5, 0.6) is 0 Å². The quantitative estimate of drug-likeness (QED) is 0.586. The zero-order chi connectivity index (χ0) is 22.1. The van der Waals surface area contributed by atoms with Crippen LogP contribution in [0, 0.1) is 0 Å². The number of aromatic nitrogens is 1. The lowest BCUT2D eigenvalue weighted by molar-refractivity contribution is 0.0670. The maximum absolute atomic E-state index is 13.4. The second-order valence-corrected chi connectivity index (χ2v) is 11.0. The molecule has 2 aromatic carbocycles. The van der Waals surface area contributed by atoms with Crippen molar-refractivity contribution in [2.75, 3.05) is 11.5 Å². The predicted octanol–water partition coefficient (Wildman–Crippen LogP) is 4.05. The largest absolute Gasteiger partial charge is 0.355 e. The number of carbonyl (C=O) groups excluding carboxylic acids is 1. The molecule has 0 spiro atoms. The zero-order valence-electron chi connectivity index (χ0n) is 17.9. The first kappa shape index (κ1) is 20.9. The fraction of sp³-hybridized carbons (Fsp3) is 0.360. The lowest BCUT2D eigenvalue weighted by atomic mass is 9.90. The summed E-state index contributed by atoms with van der Waals surface area (Å²) in [5.41, 5.74) is 4.78. The Morgan fingerprint density at radius 2 is 1.81 bits per heavy atom. The highest BCUT2D eigenvalue weighted by Crippen LogP contribution is 2.29. The molecule has 6 nitrogen and oxygen atoms in total. The van der Waals surface area contributed by atoms with Gasteiger partial charge in [-0.15, -0.1) is 0 Å². The van der Waals surface area contributed by atoms with Crippen molar-refractivity contribution < 1.29 is 17.7 Å². The van der Waals surface area contributed by atoms with E-state index in [9.17, 15) is 13.2 Å². The third-order valence-corrected chi connectivity index (χ3v) is 8.22. The van der Waals surface area contributed by atoms with Gasteiger partial charge in [0.1, 0.15) is 0 Å². The number of amides is 1. The minimum Gasteiger partial charge on any atom is -0.355 e. The van der Waals surface area contributed by atoms with Crippen molar-refractivity contribution in [3.8, 4) is 11.3 Å². The normalized spacial score (nSPS) is 19.4. The molecule has 3 aromatic rings. The van der Waals surface area contributed by atoms with Gasteiger partial charge in [-0.1, -0.05) is 47.6 Å². The van der Waals surface area contributed by atoms with Gasteiger partial charge in [0.05, 0.1) is 11.5 Å². The number of sulfone groups is 1. The van der Waals surface area contributed by atoms with E-state index in [1.54, 1.807) is 11.0 Å². The lowest BCUT2D eigenvalue weighted by Gasteiger charge is -2.27. The number of benzene rings is 2. The molecule has 0 bridgehead atoms. The summed E-state index contributed by atoms with van der Waals surface area (Å²) in [7, 11) is -3.13. The Kier molecular flexibility index (Phi) is 5.59. The number of carbonyl (C=O) groups is 1. The van der Waals surface area contributed by atoms with Crippen molar-refractivity contribution in [2.45, 2.75) is 44.7 Å². The van der Waals surface area contributed by atoms with Gasteiger partial charge in [0.2, 0.25) is 0 Å². The molecule has 1 aliphatic heterocycles. The smallest absolute Gasteiger partial charge is 0.276 e. The summed E-state index contributed by atoms with van der Waals surface area (Å²) in [6.45, 7) is 0.334. The van der Waals surface area contributed by atoms with Crippen molar-refractivity contribution in [2.24, 2.45) is 0 Å². The molecule has 0 N–H and O–H groups in total. The van der Waals surface area contributed by atoms with Gasteiger partial charge in [-0.05, 0) is 54.9 Å². The summed E-state index contributed by atoms with van der Waals surface area (Å²) in [5.74, 6) is 0.348. The third-order valence-electron chi connectivity index (χ3n) is 6.47. The third kappa shape index (κ3) is 4.35. The summed E-state index contributed by atoms with van der Waals surface area (Å²) >= 11 is 0. The molecule has 1 amide bonds. The SMILES string of the molecule is O=C(c1cc(-c2ccc3c(c2)CCCC3)on1)N(Cc1ccccc1)[C@H]1CCS(=O)(=O)C1. The Hall–Kier alpha value is -2.93. The first-order valence-electron chi connectivity index (χ1n) is 11.1. The molecule has 1 saturated heterocycles. The molecule has 1 aromatic heterocycles. The molecule has 166 valence electrons. The van der Waals surface area contributed by atoms with Gasteiger partial charge in [0, 0.05) is 24.2 Å². The summed E-state index contributed by atoms with van der Waals surface area (Å²) in [6.07, 6.45) is 5.02. The minimum atomic E-state index is -3.13. The predicted molar refractivity (Wildman–Crippen MR) is 122 cm³/mol. The molecule has 1 aliphatic carbocycles. The molecule has 5 rings (SSSR count). The summed E-state index contributed by atoms with van der Waals surface area (Å²) in [5, 5.41) is 4.06. The monoisotopic (exact) mass is 450 g/mol. The molecular weight excluding hydrogens is 424 g/mol. The zero-order valence-corrected chi connectivity index (χ0v) is 18.7. The van der Waals surface area contributed by atoms with E-state index in [4.69, 9.17) is 4.52 Å². The standard InChI is InChI=1S/C25H26N2O4S/c28-25(27(16-18-6-2-1-3-7-18)22-12-13-32(29,30)17-22)23-15-24(31-26-23)21-11-10-19-8-4-5-9-20(19)14-21/h1-3,6-7,10-11,14-15,22H,4-5,8-9,12-13,16-17H2/t22-/m0/s1. The van der Waals surface area contributed by atoms with Gasteiger partial charge in [0.15, 0.2) is 21.3 Å². The Morgan fingerprint density at radius 1 is 1.03 bits per heavy atom. The van der Waals surface area contributed by atoms with E-state index in [0.717, 1.165) is 24.0 Å². The summed E-state index contributed by atoms with van der Waals surface area (Å²) in [4.78, 5) is 15.1. The van der Waals surface area contributed by atoms with Crippen molar-refractivity contribution in [3.05, 3.63) is 77.0 Å². The van der Waals surface area contributed by atoms with Crippen molar-refractivity contribution >= 4 is 15.7 Å². The number of fused-ring (bicyclic) bond motifs is 1. The van der Waals surface area contributed by atoms with Crippen molar-refractivity contribution in [1.82, 2.24) is 10.1 Å². The number of hydrogen-bond donors (Lipinski definition) is 0. The molecule has 0 radical (unpaired) electrons. The van der Waals surface area contributed by atoms with Crippen LogP contribution in [0.15, 0.2) is 59.1 Å². The van der Waals surface area contributed by atoms with Crippen LogP contribution in [-0.2, 0) is 29.2 Å². The van der Waals surface area contributed by atoms with Crippen LogP contribution in [0.3, 0.4) is 0 Å². The maximum atomic E-state index is 13.4. The molecule has 0 unspecified atom stereocenters. The molecule has 1 atom stereocenters. The second kappa shape index (κ2) is 8.54. The molecular formula is C25H26N2O4S. The highest BCUT2D eigenvalue weighted by atomic mass is 32.2. The number of hydrogen-bond acceptors (Lipinski definition) is 5. The molecule has 1 fully saturated rings. The highest BCUT2D eigenvalue weighted by Gasteiger charge is 2.36. The highest BCUT2D eigenvalue weighted by molar-refractivity contribution is 7.91. The Labute approximate surface area is 188 Å². The molecule has 2 aliphatic rings. The molecule has 32 heavy (non-hydrogen) atoms. The van der Waals surface area contributed by atoms with Gasteiger partial charge in [-0.3, -0.25) is 4.79 Å². The fourth-order valence-electron chi connectivity index (χ4n) is 4.71. The fourth-order valence-corrected chi connectivity index (χ4v) is 6.44. The number of nitrogens with zero attached hydrogens (tertiary/aromatic N) is 2. The average Bonchev–Trinajstić information content (AvgIpc) is 3.44. The van der Waals surface area contributed by atoms with Crippen LogP contribution < -0.4 is 0 Å². The Morgan fingerprint density at radius 3 is 2.56 bits per heavy atom. The van der Waals surface area contributed by atoms with Crippen LogP contribution in [0.25, 0.3) is 11.3 Å². The number of aryl methyl sites for hydroxylation is 2. The van der Waals surface area contributed by atoms with Crippen LogP contribution in [0.4, 0.5) is 0 Å². The first-order valence-corrected chi connectivity index (χ1v) is 12.9. The first-order chi connectivity index (χ1) is 15.5. The van der Waals surface area contributed by atoms with E-state index in [-0.39, 0.29) is 29.1 Å². The van der Waals surface area contributed by atoms with Crippen LogP contribution >= 0.6 is 0 Å². The van der Waals surface area contributed by atoms with E-state index >= 15 is 0 Å². The van der Waals surface area contributed by atoms with Crippen LogP contribution in [0.2, 0.25) is 0 Å². The lowest BCUT2D eigenvalue weighted by Crippen LogP contribution is -2.40.